The number of allylic oxidation sites excluding steroid dienone is 2. The number of nitro groups is 1. The van der Waals surface area contributed by atoms with E-state index >= 15 is 0 Å². The number of carbonyl (C=O) groups excluding carboxylic acids is 2. The van der Waals surface area contributed by atoms with Crippen LogP contribution in [0, 0.1) is 27.4 Å². The van der Waals surface area contributed by atoms with Crippen molar-refractivity contribution in [3.8, 4) is 6.07 Å². The first-order valence-electron chi connectivity index (χ1n) is 10.3. The predicted molar refractivity (Wildman–Crippen MR) is 116 cm³/mol. The van der Waals surface area contributed by atoms with Crippen LogP contribution in [0.2, 0.25) is 0 Å². The molecule has 0 radical (unpaired) electrons. The number of esters is 2. The van der Waals surface area contributed by atoms with Crippen LogP contribution in [0.1, 0.15) is 52.0 Å². The van der Waals surface area contributed by atoms with E-state index in [1.807, 2.05) is 19.9 Å². The van der Waals surface area contributed by atoms with E-state index in [4.69, 9.17) is 14.7 Å². The molecule has 2 rings (SSSR count). The SMILES string of the molecule is CC1=C(C(=O)OCCC#N)C(c2cccc([N+](=O)[O-])c2)C(C(=O)OCCC(C)C)=C(C)N1. The van der Waals surface area contributed by atoms with Gasteiger partial charge in [-0.3, -0.25) is 10.1 Å². The minimum absolute atomic E-state index is 0.0198. The zero-order valence-corrected chi connectivity index (χ0v) is 18.6. The number of hydrogen-bond donors (Lipinski definition) is 1. The predicted octanol–water partition coefficient (Wildman–Crippen LogP) is 3.88. The molecule has 9 heteroatoms. The van der Waals surface area contributed by atoms with Crippen molar-refractivity contribution in [2.24, 2.45) is 5.92 Å². The molecule has 1 unspecified atom stereocenters. The zero-order chi connectivity index (χ0) is 23.8. The number of nitrogens with zero attached hydrogens (tertiary/aromatic N) is 2. The monoisotopic (exact) mass is 441 g/mol. The average molecular weight is 441 g/mol. The summed E-state index contributed by atoms with van der Waals surface area (Å²) in [5.41, 5.74) is 1.50. The van der Waals surface area contributed by atoms with Crippen LogP contribution in [0.3, 0.4) is 0 Å². The fourth-order valence-corrected chi connectivity index (χ4v) is 3.42. The number of dihydropyridines is 1. The fraction of sp³-hybridized carbons (Fsp3) is 0.435. The second-order valence-electron chi connectivity index (χ2n) is 7.85. The summed E-state index contributed by atoms with van der Waals surface area (Å²) in [7, 11) is 0. The molecular weight excluding hydrogens is 414 g/mol. The summed E-state index contributed by atoms with van der Waals surface area (Å²) in [5, 5.41) is 23.1. The van der Waals surface area contributed by atoms with Gasteiger partial charge in [-0.15, -0.1) is 0 Å². The lowest BCUT2D eigenvalue weighted by Gasteiger charge is -2.30. The van der Waals surface area contributed by atoms with Gasteiger partial charge in [-0.05, 0) is 31.7 Å². The number of nitro benzene ring substituents is 1. The summed E-state index contributed by atoms with van der Waals surface area (Å²) in [6, 6.07) is 7.69. The van der Waals surface area contributed by atoms with Crippen molar-refractivity contribution >= 4 is 17.6 Å². The van der Waals surface area contributed by atoms with Crippen molar-refractivity contribution in [1.29, 1.82) is 5.26 Å². The molecule has 0 aromatic heterocycles. The molecular formula is C23H27N3O6. The Kier molecular flexibility index (Phi) is 8.53. The van der Waals surface area contributed by atoms with Crippen molar-refractivity contribution in [2.75, 3.05) is 13.2 Å². The van der Waals surface area contributed by atoms with Gasteiger partial charge in [-0.1, -0.05) is 26.0 Å². The molecule has 1 aliphatic heterocycles. The van der Waals surface area contributed by atoms with Crippen LogP contribution in [0.25, 0.3) is 0 Å². The molecule has 170 valence electrons. The lowest BCUT2D eigenvalue weighted by molar-refractivity contribution is -0.384. The Morgan fingerprint density at radius 1 is 1.16 bits per heavy atom. The van der Waals surface area contributed by atoms with E-state index in [0.29, 0.717) is 29.3 Å². The van der Waals surface area contributed by atoms with E-state index in [-0.39, 0.29) is 36.5 Å². The molecule has 0 amide bonds. The van der Waals surface area contributed by atoms with Crippen LogP contribution < -0.4 is 5.32 Å². The third-order valence-corrected chi connectivity index (χ3v) is 4.99. The Morgan fingerprint density at radius 2 is 1.75 bits per heavy atom. The highest BCUT2D eigenvalue weighted by Gasteiger charge is 2.38. The molecule has 1 heterocycles. The van der Waals surface area contributed by atoms with Gasteiger partial charge in [0.2, 0.25) is 0 Å². The summed E-state index contributed by atoms with van der Waals surface area (Å²) in [4.78, 5) is 36.8. The first-order chi connectivity index (χ1) is 15.2. The number of nitriles is 1. The second kappa shape index (κ2) is 11.1. The highest BCUT2D eigenvalue weighted by atomic mass is 16.6. The minimum Gasteiger partial charge on any atom is -0.462 e. The van der Waals surface area contributed by atoms with Gasteiger partial charge in [0.25, 0.3) is 5.69 Å². The molecule has 0 saturated heterocycles. The minimum atomic E-state index is -0.919. The lowest BCUT2D eigenvalue weighted by Crippen LogP contribution is -2.32. The summed E-state index contributed by atoms with van der Waals surface area (Å²) < 4.78 is 10.7. The Hall–Kier alpha value is -3.67. The Labute approximate surface area is 186 Å². The van der Waals surface area contributed by atoms with Crippen LogP contribution in [0.15, 0.2) is 46.8 Å². The number of benzene rings is 1. The maximum absolute atomic E-state index is 13.1. The lowest BCUT2D eigenvalue weighted by atomic mass is 9.80. The Bertz CT molecular complexity index is 1000. The highest BCUT2D eigenvalue weighted by molar-refractivity contribution is 6.00. The zero-order valence-electron chi connectivity index (χ0n) is 18.6. The van der Waals surface area contributed by atoms with Gasteiger partial charge in [0.05, 0.1) is 41.1 Å². The summed E-state index contributed by atoms with van der Waals surface area (Å²) >= 11 is 0. The van der Waals surface area contributed by atoms with E-state index in [9.17, 15) is 19.7 Å². The molecule has 1 aromatic carbocycles. The number of hydrogen-bond acceptors (Lipinski definition) is 8. The smallest absolute Gasteiger partial charge is 0.336 e. The van der Waals surface area contributed by atoms with Crippen LogP contribution in [-0.2, 0) is 19.1 Å². The van der Waals surface area contributed by atoms with Gasteiger partial charge in [-0.2, -0.15) is 5.26 Å². The summed E-state index contributed by atoms with van der Waals surface area (Å²) in [6.07, 6.45) is 0.691. The van der Waals surface area contributed by atoms with Gasteiger partial charge in [0, 0.05) is 23.5 Å². The van der Waals surface area contributed by atoms with Crippen LogP contribution >= 0.6 is 0 Å². The van der Waals surface area contributed by atoms with Gasteiger partial charge >= 0.3 is 11.9 Å². The Balaban J connectivity index is 2.53. The van der Waals surface area contributed by atoms with Gasteiger partial charge in [0.15, 0.2) is 0 Å². The van der Waals surface area contributed by atoms with Gasteiger partial charge in [0.1, 0.15) is 6.61 Å². The first kappa shape index (κ1) is 24.6. The first-order valence-corrected chi connectivity index (χ1v) is 10.3. The molecule has 0 aliphatic carbocycles. The van der Waals surface area contributed by atoms with Crippen LogP contribution in [0.5, 0.6) is 0 Å². The van der Waals surface area contributed by atoms with Gasteiger partial charge in [-0.25, -0.2) is 9.59 Å². The standard InChI is InChI=1S/C23H27N3O6/c1-14(2)9-12-32-23(28)20-16(4)25-15(3)19(22(27)31-11-6-10-24)21(20)17-7-5-8-18(13-17)26(29)30/h5,7-8,13-14,21,25H,6,9,11-12H2,1-4H3. The molecule has 1 aliphatic rings. The summed E-state index contributed by atoms with van der Waals surface area (Å²) in [6.45, 7) is 7.46. The highest BCUT2D eigenvalue weighted by Crippen LogP contribution is 2.40. The Morgan fingerprint density at radius 3 is 2.28 bits per heavy atom. The maximum atomic E-state index is 13.1. The van der Waals surface area contributed by atoms with E-state index in [2.05, 4.69) is 5.32 Å². The number of rotatable bonds is 9. The van der Waals surface area contributed by atoms with Crippen molar-refractivity contribution in [1.82, 2.24) is 5.32 Å². The molecule has 1 atom stereocenters. The molecule has 0 spiro atoms. The average Bonchev–Trinajstić information content (AvgIpc) is 2.72. The number of ether oxygens (including phenoxy) is 2. The molecule has 0 bridgehead atoms. The van der Waals surface area contributed by atoms with Crippen LogP contribution in [-0.4, -0.2) is 30.1 Å². The van der Waals surface area contributed by atoms with E-state index in [1.54, 1.807) is 19.9 Å². The maximum Gasteiger partial charge on any atom is 0.336 e. The quantitative estimate of drug-likeness (QED) is 0.264. The fourth-order valence-electron chi connectivity index (χ4n) is 3.42. The molecule has 0 saturated carbocycles. The van der Waals surface area contributed by atoms with E-state index in [0.717, 1.165) is 0 Å². The number of non-ortho nitro benzene ring substituents is 1. The van der Waals surface area contributed by atoms with E-state index in [1.165, 1.54) is 18.2 Å². The normalized spacial score (nSPS) is 15.8. The molecule has 0 fully saturated rings. The van der Waals surface area contributed by atoms with Crippen molar-refractivity contribution < 1.29 is 24.0 Å². The molecule has 32 heavy (non-hydrogen) atoms. The second-order valence-corrected chi connectivity index (χ2v) is 7.85. The third kappa shape index (κ3) is 5.94. The third-order valence-electron chi connectivity index (χ3n) is 4.99. The largest absolute Gasteiger partial charge is 0.462 e. The molecule has 9 nitrogen and oxygen atoms in total. The van der Waals surface area contributed by atoms with Gasteiger partial charge < -0.3 is 14.8 Å². The van der Waals surface area contributed by atoms with Crippen molar-refractivity contribution in [2.45, 2.75) is 46.5 Å². The van der Waals surface area contributed by atoms with Crippen LogP contribution in [0.4, 0.5) is 5.69 Å². The van der Waals surface area contributed by atoms with Crippen molar-refractivity contribution in [3.63, 3.8) is 0 Å². The summed E-state index contributed by atoms with van der Waals surface area (Å²) in [5.74, 6) is -1.90. The van der Waals surface area contributed by atoms with E-state index < -0.39 is 22.8 Å². The topological polar surface area (TPSA) is 132 Å². The number of carbonyl (C=O) groups is 2. The number of nitrogens with one attached hydrogen (secondary N) is 1. The molecule has 1 N–H and O–H groups in total. The van der Waals surface area contributed by atoms with Crippen molar-refractivity contribution in [3.05, 3.63) is 62.5 Å². The molecule has 1 aromatic rings.